The summed E-state index contributed by atoms with van der Waals surface area (Å²) >= 11 is 0. The summed E-state index contributed by atoms with van der Waals surface area (Å²) < 4.78 is 0. The topological polar surface area (TPSA) is 89.2 Å². The summed E-state index contributed by atoms with van der Waals surface area (Å²) in [7, 11) is 0. The lowest BCUT2D eigenvalue weighted by Crippen LogP contribution is -2.33. The lowest BCUT2D eigenvalue weighted by Gasteiger charge is -2.21. The molecule has 0 fully saturated rings. The SMILES string of the molecule is CC(C)NC1N=c2c3cc4c(O)c5cc1ccc5c(O)c4c2=NC3NC(C)C. The van der Waals surface area contributed by atoms with Gasteiger partial charge in [-0.3, -0.25) is 20.6 Å². The Balaban J connectivity index is 1.97. The highest BCUT2D eigenvalue weighted by atomic mass is 16.3. The lowest BCUT2D eigenvalue weighted by molar-refractivity contribution is 0.473. The van der Waals surface area contributed by atoms with Crippen LogP contribution in [0.2, 0.25) is 0 Å². The van der Waals surface area contributed by atoms with Crippen molar-refractivity contribution in [1.82, 2.24) is 10.6 Å². The van der Waals surface area contributed by atoms with E-state index >= 15 is 0 Å². The average Bonchev–Trinajstić information content (AvgIpc) is 2.84. The minimum Gasteiger partial charge on any atom is -0.507 e. The van der Waals surface area contributed by atoms with Crippen LogP contribution in [0.25, 0.3) is 21.5 Å². The zero-order valence-corrected chi connectivity index (χ0v) is 16.4. The smallest absolute Gasteiger partial charge is 0.133 e. The highest BCUT2D eigenvalue weighted by molar-refractivity contribution is 6.11. The quantitative estimate of drug-likeness (QED) is 0.416. The molecule has 0 amide bonds. The second kappa shape index (κ2) is 5.90. The number of benzene rings is 3. The predicted octanol–water partition coefficient (Wildman–Crippen LogP) is 2.66. The van der Waals surface area contributed by atoms with E-state index in [0.717, 1.165) is 16.5 Å². The Kier molecular flexibility index (Phi) is 3.66. The van der Waals surface area contributed by atoms with Crippen molar-refractivity contribution in [2.45, 2.75) is 52.1 Å². The van der Waals surface area contributed by atoms with Crippen LogP contribution in [-0.2, 0) is 0 Å². The first kappa shape index (κ1) is 17.4. The van der Waals surface area contributed by atoms with Gasteiger partial charge in [0.1, 0.15) is 23.8 Å². The molecule has 144 valence electrons. The van der Waals surface area contributed by atoms with Gasteiger partial charge in [0.25, 0.3) is 0 Å². The van der Waals surface area contributed by atoms with Crippen molar-refractivity contribution in [3.8, 4) is 11.5 Å². The number of aromatic hydroxyl groups is 2. The van der Waals surface area contributed by atoms with Gasteiger partial charge in [-0.1, -0.05) is 12.1 Å². The van der Waals surface area contributed by atoms with Crippen molar-refractivity contribution >= 4 is 21.5 Å². The first-order valence-electron chi connectivity index (χ1n) is 9.77. The minimum absolute atomic E-state index is 0.150. The lowest BCUT2D eigenvalue weighted by atomic mass is 9.95. The average molecular weight is 376 g/mol. The van der Waals surface area contributed by atoms with Gasteiger partial charge in [-0.05, 0) is 45.4 Å². The standard InChI is InChI=1S/C22H24N4O2/c1-9(2)23-21-11-5-6-12-13(7-11)19(27)14-8-15-17(25-21)18(16(14)20(12)28)26-22(15)24-10(3)4/h5-10,21-24,27-28H,1-4H3. The number of phenols is 2. The van der Waals surface area contributed by atoms with Crippen molar-refractivity contribution in [2.75, 3.05) is 0 Å². The molecule has 0 aliphatic carbocycles. The van der Waals surface area contributed by atoms with Gasteiger partial charge in [-0.2, -0.15) is 0 Å². The fourth-order valence-corrected chi connectivity index (χ4v) is 4.28. The number of rotatable bonds is 4. The normalized spacial score (nSPS) is 19.8. The third-order valence-corrected chi connectivity index (χ3v) is 5.46. The second-order valence-corrected chi connectivity index (χ2v) is 8.29. The van der Waals surface area contributed by atoms with Crippen LogP contribution in [-0.4, -0.2) is 22.3 Å². The molecule has 3 aromatic carbocycles. The van der Waals surface area contributed by atoms with E-state index in [2.05, 4.69) is 38.3 Å². The molecule has 5 aliphatic rings. The second-order valence-electron chi connectivity index (χ2n) is 8.29. The molecule has 5 aliphatic heterocycles. The monoisotopic (exact) mass is 376 g/mol. The molecule has 0 radical (unpaired) electrons. The van der Waals surface area contributed by atoms with Gasteiger partial charge in [0.05, 0.1) is 16.1 Å². The Labute approximate surface area is 162 Å². The number of hydrogen-bond acceptors (Lipinski definition) is 6. The van der Waals surface area contributed by atoms with Gasteiger partial charge in [0.2, 0.25) is 0 Å². The summed E-state index contributed by atoms with van der Waals surface area (Å²) in [6, 6.07) is 8.12. The zero-order valence-electron chi connectivity index (χ0n) is 16.4. The van der Waals surface area contributed by atoms with Crippen LogP contribution < -0.4 is 21.3 Å². The van der Waals surface area contributed by atoms with Crippen LogP contribution in [0.3, 0.4) is 0 Å². The Morgan fingerprint density at radius 2 is 1.46 bits per heavy atom. The maximum atomic E-state index is 11.1. The van der Waals surface area contributed by atoms with Gasteiger partial charge >= 0.3 is 0 Å². The number of fused-ring (bicyclic) bond motifs is 1. The Hall–Kier alpha value is -2.70. The minimum atomic E-state index is -0.261. The number of phenolic OH excluding ortho intramolecular Hbond substituents is 2. The van der Waals surface area contributed by atoms with E-state index in [9.17, 15) is 10.2 Å². The van der Waals surface area contributed by atoms with Gasteiger partial charge < -0.3 is 10.2 Å². The van der Waals surface area contributed by atoms with Gasteiger partial charge in [-0.25, -0.2) is 0 Å². The summed E-state index contributed by atoms with van der Waals surface area (Å²) in [5.74, 6) is 0.334. The van der Waals surface area contributed by atoms with E-state index in [4.69, 9.17) is 9.98 Å². The molecule has 6 nitrogen and oxygen atoms in total. The molecule has 5 heterocycles. The third-order valence-electron chi connectivity index (χ3n) is 5.46. The maximum absolute atomic E-state index is 11.1. The first-order chi connectivity index (χ1) is 13.3. The molecule has 0 saturated heterocycles. The molecule has 8 bridgehead atoms. The van der Waals surface area contributed by atoms with Gasteiger partial charge in [0, 0.05) is 33.8 Å². The molecule has 8 rings (SSSR count). The van der Waals surface area contributed by atoms with Crippen molar-refractivity contribution in [2.24, 2.45) is 9.98 Å². The number of nitrogens with zero attached hydrogens (tertiary/aromatic N) is 2. The third kappa shape index (κ3) is 2.34. The Morgan fingerprint density at radius 1 is 0.786 bits per heavy atom. The first-order valence-corrected chi connectivity index (χ1v) is 9.77. The molecule has 4 N–H and O–H groups in total. The fraction of sp³-hybridized carbons (Fsp3) is 0.364. The van der Waals surface area contributed by atoms with Crippen LogP contribution in [0, 0.1) is 0 Å². The summed E-state index contributed by atoms with van der Waals surface area (Å²) in [6.45, 7) is 8.32. The summed E-state index contributed by atoms with van der Waals surface area (Å²) in [4.78, 5) is 9.90. The molecule has 0 spiro atoms. The van der Waals surface area contributed by atoms with E-state index in [-0.39, 0.29) is 35.9 Å². The maximum Gasteiger partial charge on any atom is 0.133 e. The van der Waals surface area contributed by atoms with E-state index in [1.807, 2.05) is 24.3 Å². The van der Waals surface area contributed by atoms with Crippen LogP contribution >= 0.6 is 0 Å². The van der Waals surface area contributed by atoms with Crippen molar-refractivity contribution < 1.29 is 10.2 Å². The number of nitrogens with one attached hydrogen (secondary N) is 2. The number of hydrogen-bond donors (Lipinski definition) is 4. The van der Waals surface area contributed by atoms with Gasteiger partial charge in [-0.15, -0.1) is 0 Å². The van der Waals surface area contributed by atoms with Crippen LogP contribution in [0.4, 0.5) is 0 Å². The largest absolute Gasteiger partial charge is 0.507 e. The molecule has 0 aromatic heterocycles. The Bertz CT molecular complexity index is 1260. The van der Waals surface area contributed by atoms with Crippen molar-refractivity contribution in [3.63, 3.8) is 0 Å². The van der Waals surface area contributed by atoms with Crippen LogP contribution in [0.1, 0.15) is 51.2 Å². The molecule has 28 heavy (non-hydrogen) atoms. The molecular formula is C22H24N4O2. The molecular weight excluding hydrogens is 352 g/mol. The summed E-state index contributed by atoms with van der Waals surface area (Å²) in [5.41, 5.74) is 1.89. The molecule has 6 heteroatoms. The van der Waals surface area contributed by atoms with Crippen molar-refractivity contribution in [3.05, 3.63) is 46.1 Å². The summed E-state index contributed by atoms with van der Waals surface area (Å²) in [5, 5.41) is 32.9. The summed E-state index contributed by atoms with van der Waals surface area (Å²) in [6.07, 6.45) is -0.504. The van der Waals surface area contributed by atoms with Gasteiger partial charge in [0.15, 0.2) is 0 Å². The van der Waals surface area contributed by atoms with Crippen molar-refractivity contribution in [1.29, 1.82) is 0 Å². The van der Waals surface area contributed by atoms with E-state index in [1.165, 1.54) is 0 Å². The van der Waals surface area contributed by atoms with E-state index < -0.39 is 0 Å². The highest BCUT2D eigenvalue weighted by Crippen LogP contribution is 2.42. The van der Waals surface area contributed by atoms with E-state index in [1.54, 1.807) is 0 Å². The molecule has 2 unspecified atom stereocenters. The highest BCUT2D eigenvalue weighted by Gasteiger charge is 2.28. The van der Waals surface area contributed by atoms with Crippen LogP contribution in [0.15, 0.2) is 34.3 Å². The predicted molar refractivity (Wildman–Crippen MR) is 109 cm³/mol. The molecule has 2 atom stereocenters. The fourth-order valence-electron chi connectivity index (χ4n) is 4.28. The molecule has 0 saturated carbocycles. The zero-order chi connectivity index (χ0) is 19.7. The van der Waals surface area contributed by atoms with E-state index in [0.29, 0.717) is 26.9 Å². The molecule has 3 aromatic rings. The Morgan fingerprint density at radius 3 is 2.18 bits per heavy atom. The van der Waals surface area contributed by atoms with Crippen LogP contribution in [0.5, 0.6) is 11.5 Å².